The molecule has 0 bridgehead atoms. The van der Waals surface area contributed by atoms with Crippen molar-refractivity contribution >= 4 is 23.5 Å². The van der Waals surface area contributed by atoms with Crippen molar-refractivity contribution in [2.24, 2.45) is 0 Å². The van der Waals surface area contributed by atoms with Gasteiger partial charge in [-0.15, -0.1) is 0 Å². The van der Waals surface area contributed by atoms with Crippen LogP contribution in [-0.2, 0) is 6.54 Å². The molecule has 1 amide bonds. The number of hydrogen-bond donors (Lipinski definition) is 2. The second kappa shape index (κ2) is 8.45. The Hall–Kier alpha value is -2.18. The number of anilines is 1. The number of likely N-dealkylation sites (N-methyl/N-ethyl adjacent to an activating group) is 1. The van der Waals surface area contributed by atoms with Gasteiger partial charge in [-0.1, -0.05) is 23.7 Å². The van der Waals surface area contributed by atoms with E-state index >= 15 is 0 Å². The van der Waals surface area contributed by atoms with E-state index in [2.05, 4.69) is 20.6 Å². The van der Waals surface area contributed by atoms with Gasteiger partial charge in [0.1, 0.15) is 5.69 Å². The van der Waals surface area contributed by atoms with Gasteiger partial charge in [0, 0.05) is 30.9 Å². The average Bonchev–Trinajstić information content (AvgIpc) is 2.54. The van der Waals surface area contributed by atoms with Gasteiger partial charge in [0.25, 0.3) is 5.91 Å². The Morgan fingerprint density at radius 2 is 1.96 bits per heavy atom. The first-order valence-electron chi connectivity index (χ1n) is 7.29. The van der Waals surface area contributed by atoms with Crippen molar-refractivity contribution in [3.8, 4) is 0 Å². The fourth-order valence-electron chi connectivity index (χ4n) is 1.84. The highest BCUT2D eigenvalue weighted by Gasteiger charge is 2.08. The zero-order valence-electron chi connectivity index (χ0n) is 13.2. The number of rotatable bonds is 7. The normalized spacial score (nSPS) is 10.6. The van der Waals surface area contributed by atoms with Gasteiger partial charge >= 0.3 is 0 Å². The highest BCUT2D eigenvalue weighted by molar-refractivity contribution is 6.30. The maximum Gasteiger partial charge on any atom is 0.270 e. The van der Waals surface area contributed by atoms with Crippen LogP contribution >= 0.6 is 11.6 Å². The highest BCUT2D eigenvalue weighted by Crippen LogP contribution is 2.10. The van der Waals surface area contributed by atoms with E-state index in [1.54, 1.807) is 12.3 Å². The number of aromatic nitrogens is 2. The van der Waals surface area contributed by atoms with Crippen LogP contribution in [0, 0.1) is 0 Å². The largest absolute Gasteiger partial charge is 0.350 e. The van der Waals surface area contributed by atoms with Crippen LogP contribution in [0.2, 0.25) is 5.02 Å². The third-order valence-corrected chi connectivity index (χ3v) is 3.35. The summed E-state index contributed by atoms with van der Waals surface area (Å²) in [5.74, 6) is 0.212. The number of halogens is 1. The van der Waals surface area contributed by atoms with Crippen molar-refractivity contribution in [2.45, 2.75) is 6.54 Å². The molecule has 1 aromatic heterocycles. The van der Waals surface area contributed by atoms with E-state index < -0.39 is 0 Å². The Labute approximate surface area is 140 Å². The molecule has 2 N–H and O–H groups in total. The Morgan fingerprint density at radius 3 is 2.65 bits per heavy atom. The predicted molar refractivity (Wildman–Crippen MR) is 91.7 cm³/mol. The van der Waals surface area contributed by atoms with Crippen molar-refractivity contribution in [3.05, 3.63) is 52.8 Å². The van der Waals surface area contributed by atoms with Crippen molar-refractivity contribution in [3.63, 3.8) is 0 Å². The predicted octanol–water partition coefficient (Wildman–Crippen LogP) is 2.03. The molecule has 2 rings (SSSR count). The number of benzene rings is 1. The molecule has 122 valence electrons. The molecule has 23 heavy (non-hydrogen) atoms. The Kier molecular flexibility index (Phi) is 6.31. The smallest absolute Gasteiger partial charge is 0.270 e. The summed E-state index contributed by atoms with van der Waals surface area (Å²) in [6.45, 7) is 1.91. The lowest BCUT2D eigenvalue weighted by molar-refractivity contribution is 0.0946. The number of hydrogen-bond acceptors (Lipinski definition) is 5. The molecule has 1 heterocycles. The molecule has 1 aromatic carbocycles. The minimum atomic E-state index is -0.205. The summed E-state index contributed by atoms with van der Waals surface area (Å²) >= 11 is 5.85. The van der Waals surface area contributed by atoms with Crippen molar-refractivity contribution in [1.29, 1.82) is 0 Å². The molecule has 0 saturated heterocycles. The van der Waals surface area contributed by atoms with Gasteiger partial charge in [0.15, 0.2) is 0 Å². The molecular weight excluding hydrogens is 314 g/mol. The first kappa shape index (κ1) is 17.2. The third kappa shape index (κ3) is 5.84. The zero-order valence-corrected chi connectivity index (χ0v) is 14.0. The van der Waals surface area contributed by atoms with E-state index in [-0.39, 0.29) is 5.91 Å². The second-order valence-corrected chi connectivity index (χ2v) is 5.74. The van der Waals surface area contributed by atoms with Crippen LogP contribution < -0.4 is 10.6 Å². The van der Waals surface area contributed by atoms with Gasteiger partial charge in [-0.2, -0.15) is 0 Å². The highest BCUT2D eigenvalue weighted by atomic mass is 35.5. The SMILES string of the molecule is CN(C)CCNC(=O)c1ccnc(NCc2ccc(Cl)cc2)n1. The maximum atomic E-state index is 12.0. The van der Waals surface area contributed by atoms with E-state index in [9.17, 15) is 4.79 Å². The lowest BCUT2D eigenvalue weighted by atomic mass is 10.2. The van der Waals surface area contributed by atoms with Gasteiger partial charge in [0.2, 0.25) is 5.95 Å². The molecule has 0 unspecified atom stereocenters. The van der Waals surface area contributed by atoms with Gasteiger partial charge < -0.3 is 15.5 Å². The molecule has 0 atom stereocenters. The molecule has 0 saturated carbocycles. The summed E-state index contributed by atoms with van der Waals surface area (Å²) in [6.07, 6.45) is 1.57. The summed E-state index contributed by atoms with van der Waals surface area (Å²) < 4.78 is 0. The number of amides is 1. The molecule has 0 spiro atoms. The standard InChI is InChI=1S/C16H20ClN5O/c1-22(2)10-9-18-15(23)14-7-8-19-16(21-14)20-11-12-3-5-13(17)6-4-12/h3-8H,9-11H2,1-2H3,(H,18,23)(H,19,20,21). The van der Waals surface area contributed by atoms with Crippen LogP contribution in [0.3, 0.4) is 0 Å². The zero-order chi connectivity index (χ0) is 16.7. The molecule has 6 nitrogen and oxygen atoms in total. The molecule has 0 aliphatic rings. The van der Waals surface area contributed by atoms with Crippen molar-refractivity contribution in [1.82, 2.24) is 20.2 Å². The van der Waals surface area contributed by atoms with Crippen LogP contribution in [0.25, 0.3) is 0 Å². The summed E-state index contributed by atoms with van der Waals surface area (Å²) in [4.78, 5) is 22.4. The maximum absolute atomic E-state index is 12.0. The first-order chi connectivity index (χ1) is 11.0. The van der Waals surface area contributed by atoms with Crippen molar-refractivity contribution in [2.75, 3.05) is 32.5 Å². The van der Waals surface area contributed by atoms with Gasteiger partial charge in [-0.3, -0.25) is 4.79 Å². The molecule has 0 aliphatic carbocycles. The summed E-state index contributed by atoms with van der Waals surface area (Å²) in [7, 11) is 3.91. The first-order valence-corrected chi connectivity index (χ1v) is 7.66. The fraction of sp³-hybridized carbons (Fsp3) is 0.312. The Balaban J connectivity index is 1.91. The summed E-state index contributed by atoms with van der Waals surface area (Å²) in [5, 5.41) is 6.62. The quantitative estimate of drug-likeness (QED) is 0.811. The third-order valence-electron chi connectivity index (χ3n) is 3.10. The molecule has 7 heteroatoms. The van der Waals surface area contributed by atoms with Crippen LogP contribution in [0.5, 0.6) is 0 Å². The monoisotopic (exact) mass is 333 g/mol. The minimum Gasteiger partial charge on any atom is -0.350 e. The van der Waals surface area contributed by atoms with Crippen LogP contribution in [0.1, 0.15) is 16.1 Å². The van der Waals surface area contributed by atoms with Gasteiger partial charge in [-0.05, 0) is 37.9 Å². The summed E-state index contributed by atoms with van der Waals surface area (Å²) in [6, 6.07) is 9.10. The number of nitrogens with one attached hydrogen (secondary N) is 2. The van der Waals surface area contributed by atoms with Gasteiger partial charge in [-0.25, -0.2) is 9.97 Å². The number of carbonyl (C=O) groups excluding carboxylic acids is 1. The summed E-state index contributed by atoms with van der Waals surface area (Å²) in [5.41, 5.74) is 1.40. The van der Waals surface area contributed by atoms with Crippen molar-refractivity contribution < 1.29 is 4.79 Å². The fourth-order valence-corrected chi connectivity index (χ4v) is 1.96. The lowest BCUT2D eigenvalue weighted by Crippen LogP contribution is -2.31. The van der Waals surface area contributed by atoms with E-state index in [1.165, 1.54) is 0 Å². The van der Waals surface area contributed by atoms with Crippen LogP contribution in [0.4, 0.5) is 5.95 Å². The van der Waals surface area contributed by atoms with E-state index in [1.807, 2.05) is 43.3 Å². The number of nitrogens with zero attached hydrogens (tertiary/aromatic N) is 3. The van der Waals surface area contributed by atoms with E-state index in [0.29, 0.717) is 29.8 Å². The van der Waals surface area contributed by atoms with Crippen LogP contribution in [0.15, 0.2) is 36.5 Å². The Morgan fingerprint density at radius 1 is 1.22 bits per heavy atom. The second-order valence-electron chi connectivity index (χ2n) is 5.30. The Bertz CT molecular complexity index is 645. The number of carbonyl (C=O) groups is 1. The van der Waals surface area contributed by atoms with Gasteiger partial charge in [0.05, 0.1) is 0 Å². The topological polar surface area (TPSA) is 70.2 Å². The molecule has 0 radical (unpaired) electrons. The minimum absolute atomic E-state index is 0.205. The lowest BCUT2D eigenvalue weighted by Gasteiger charge is -2.10. The molecule has 0 fully saturated rings. The van der Waals surface area contributed by atoms with E-state index in [0.717, 1.165) is 12.1 Å². The molecular formula is C16H20ClN5O. The van der Waals surface area contributed by atoms with Crippen LogP contribution in [-0.4, -0.2) is 48.0 Å². The molecule has 0 aliphatic heterocycles. The molecule has 2 aromatic rings. The van der Waals surface area contributed by atoms with E-state index in [4.69, 9.17) is 11.6 Å². The average molecular weight is 334 g/mol.